The largest absolute Gasteiger partial charge is 0.495 e. The van der Waals surface area contributed by atoms with Gasteiger partial charge in [-0.2, -0.15) is 0 Å². The molecule has 1 N–H and O–H groups in total. The Morgan fingerprint density at radius 1 is 1.16 bits per heavy atom. The number of nitrogens with zero attached hydrogens (tertiary/aromatic N) is 2. The van der Waals surface area contributed by atoms with Gasteiger partial charge in [0.15, 0.2) is 0 Å². The van der Waals surface area contributed by atoms with Crippen LogP contribution in [-0.2, 0) is 4.74 Å². The zero-order chi connectivity index (χ0) is 22.5. The van der Waals surface area contributed by atoms with Gasteiger partial charge in [0.25, 0.3) is 6.43 Å². The first-order chi connectivity index (χ1) is 15.4. The molecule has 0 amide bonds. The van der Waals surface area contributed by atoms with Gasteiger partial charge < -0.3 is 19.7 Å². The lowest BCUT2D eigenvalue weighted by atomic mass is 9.77. The van der Waals surface area contributed by atoms with Crippen LogP contribution in [0.2, 0.25) is 0 Å². The molecule has 168 valence electrons. The highest BCUT2D eigenvalue weighted by Gasteiger charge is 2.49. The standard InChI is InChI=1S/C24H24F3N3O2/c1-14(15-4-3-5-16(22(15)25)23(26)27)29-18-6-7-28-19-9-21(31-2)20(8-17(18)19)30-10-24(11-30)12-32-13-24/h3-9,14,23H,10-13H2,1-2H3,(H,28,29)/t14-/m1/s1. The molecule has 2 aliphatic heterocycles. The van der Waals surface area contributed by atoms with E-state index in [1.54, 1.807) is 26.3 Å². The van der Waals surface area contributed by atoms with E-state index in [9.17, 15) is 13.2 Å². The molecule has 0 saturated carbocycles. The normalized spacial score (nSPS) is 17.9. The van der Waals surface area contributed by atoms with Crippen molar-refractivity contribution in [3.63, 3.8) is 0 Å². The third kappa shape index (κ3) is 3.43. The van der Waals surface area contributed by atoms with Gasteiger partial charge >= 0.3 is 0 Å². The number of alkyl halides is 2. The monoisotopic (exact) mass is 443 g/mol. The molecule has 32 heavy (non-hydrogen) atoms. The second-order valence-electron chi connectivity index (χ2n) is 8.67. The molecule has 5 nitrogen and oxygen atoms in total. The van der Waals surface area contributed by atoms with E-state index >= 15 is 0 Å². The fourth-order valence-electron chi connectivity index (χ4n) is 4.59. The molecule has 2 fully saturated rings. The van der Waals surface area contributed by atoms with Crippen molar-refractivity contribution in [2.45, 2.75) is 19.4 Å². The van der Waals surface area contributed by atoms with Crippen molar-refractivity contribution in [1.82, 2.24) is 4.98 Å². The fraction of sp³-hybridized carbons (Fsp3) is 0.375. The fourth-order valence-corrected chi connectivity index (χ4v) is 4.59. The summed E-state index contributed by atoms with van der Waals surface area (Å²) >= 11 is 0. The van der Waals surface area contributed by atoms with Gasteiger partial charge in [0.1, 0.15) is 11.6 Å². The molecule has 1 spiro atoms. The molecule has 0 radical (unpaired) electrons. The first kappa shape index (κ1) is 20.9. The van der Waals surface area contributed by atoms with Crippen molar-refractivity contribution in [1.29, 1.82) is 0 Å². The Kier molecular flexibility index (Phi) is 5.12. The highest BCUT2D eigenvalue weighted by atomic mass is 19.3. The molecule has 0 bridgehead atoms. The maximum absolute atomic E-state index is 14.7. The summed E-state index contributed by atoms with van der Waals surface area (Å²) < 4.78 is 51.9. The summed E-state index contributed by atoms with van der Waals surface area (Å²) in [6, 6.07) is 9.29. The molecule has 5 rings (SSSR count). The Balaban J connectivity index is 1.48. The topological polar surface area (TPSA) is 46.6 Å². The first-order valence-corrected chi connectivity index (χ1v) is 10.5. The average Bonchev–Trinajstić information content (AvgIpc) is 2.71. The minimum atomic E-state index is -2.86. The maximum Gasteiger partial charge on any atom is 0.266 e. The number of rotatable bonds is 6. The van der Waals surface area contributed by atoms with Crippen LogP contribution in [0, 0.1) is 11.2 Å². The van der Waals surface area contributed by atoms with Crippen LogP contribution in [0.5, 0.6) is 5.75 Å². The molecule has 1 atom stereocenters. The van der Waals surface area contributed by atoms with E-state index in [-0.39, 0.29) is 11.0 Å². The highest BCUT2D eigenvalue weighted by molar-refractivity contribution is 5.95. The van der Waals surface area contributed by atoms with Crippen LogP contribution in [0.3, 0.4) is 0 Å². The van der Waals surface area contributed by atoms with E-state index < -0.39 is 23.8 Å². The van der Waals surface area contributed by atoms with Gasteiger partial charge in [0.05, 0.1) is 48.5 Å². The first-order valence-electron chi connectivity index (χ1n) is 10.5. The molecule has 2 saturated heterocycles. The summed E-state index contributed by atoms with van der Waals surface area (Å²) in [5, 5.41) is 4.14. The second-order valence-corrected chi connectivity index (χ2v) is 8.67. The van der Waals surface area contributed by atoms with Gasteiger partial charge in [-0.3, -0.25) is 4.98 Å². The van der Waals surface area contributed by atoms with Crippen molar-refractivity contribution >= 4 is 22.3 Å². The minimum absolute atomic E-state index is 0.191. The number of hydrogen-bond acceptors (Lipinski definition) is 5. The summed E-state index contributed by atoms with van der Waals surface area (Å²) in [6.45, 7) is 5.13. The summed E-state index contributed by atoms with van der Waals surface area (Å²) in [6.07, 6.45) is -1.20. The number of benzene rings is 2. The Morgan fingerprint density at radius 2 is 1.91 bits per heavy atom. The number of methoxy groups -OCH3 is 1. The van der Waals surface area contributed by atoms with Gasteiger partial charge in [-0.1, -0.05) is 18.2 Å². The van der Waals surface area contributed by atoms with E-state index in [0.717, 1.165) is 60.4 Å². The number of anilines is 2. The number of aromatic nitrogens is 1. The summed E-state index contributed by atoms with van der Waals surface area (Å²) in [4.78, 5) is 6.71. The van der Waals surface area contributed by atoms with Crippen LogP contribution in [-0.4, -0.2) is 38.4 Å². The molecule has 2 aliphatic rings. The lowest BCUT2D eigenvalue weighted by molar-refractivity contribution is -0.127. The number of ether oxygens (including phenoxy) is 2. The quantitative estimate of drug-likeness (QED) is 0.558. The Bertz CT molecular complexity index is 1160. The van der Waals surface area contributed by atoms with E-state index in [2.05, 4.69) is 15.2 Å². The van der Waals surface area contributed by atoms with Crippen LogP contribution in [0.15, 0.2) is 42.6 Å². The molecule has 1 aromatic heterocycles. The van der Waals surface area contributed by atoms with Crippen LogP contribution >= 0.6 is 0 Å². The van der Waals surface area contributed by atoms with Crippen molar-refractivity contribution < 1.29 is 22.6 Å². The Morgan fingerprint density at radius 3 is 2.56 bits per heavy atom. The Labute approximate surface area is 184 Å². The zero-order valence-electron chi connectivity index (χ0n) is 17.9. The molecule has 8 heteroatoms. The number of nitrogens with one attached hydrogen (secondary N) is 1. The van der Waals surface area contributed by atoms with Crippen LogP contribution in [0.1, 0.15) is 30.5 Å². The minimum Gasteiger partial charge on any atom is -0.495 e. The Hall–Kier alpha value is -3.00. The van der Waals surface area contributed by atoms with Crippen molar-refractivity contribution in [2.24, 2.45) is 5.41 Å². The van der Waals surface area contributed by atoms with Crippen LogP contribution in [0.25, 0.3) is 10.9 Å². The predicted molar refractivity (Wildman–Crippen MR) is 117 cm³/mol. The van der Waals surface area contributed by atoms with Crippen LogP contribution < -0.4 is 15.0 Å². The molecule has 0 aliphatic carbocycles. The van der Waals surface area contributed by atoms with E-state index in [4.69, 9.17) is 9.47 Å². The van der Waals surface area contributed by atoms with Gasteiger partial charge in [-0.05, 0) is 19.1 Å². The molecule has 3 aromatic rings. The SMILES string of the molecule is COc1cc2nccc(N[C@H](C)c3cccc(C(F)F)c3F)c2cc1N1CC2(COC2)C1. The molecular weight excluding hydrogens is 419 g/mol. The third-order valence-corrected chi connectivity index (χ3v) is 6.38. The van der Waals surface area contributed by atoms with Crippen LogP contribution in [0.4, 0.5) is 24.5 Å². The molecule has 3 heterocycles. The lowest BCUT2D eigenvalue weighted by Gasteiger charge is -2.56. The predicted octanol–water partition coefficient (Wildman–Crippen LogP) is 5.33. The summed E-state index contributed by atoms with van der Waals surface area (Å²) in [5.74, 6) is -0.141. The van der Waals surface area contributed by atoms with Crippen molar-refractivity contribution in [3.05, 3.63) is 59.5 Å². The number of fused-ring (bicyclic) bond motifs is 1. The van der Waals surface area contributed by atoms with Gasteiger partial charge in [-0.15, -0.1) is 0 Å². The lowest BCUT2D eigenvalue weighted by Crippen LogP contribution is -2.66. The van der Waals surface area contributed by atoms with Crippen molar-refractivity contribution in [2.75, 3.05) is 43.6 Å². The number of hydrogen-bond donors (Lipinski definition) is 1. The molecule has 2 aromatic carbocycles. The highest BCUT2D eigenvalue weighted by Crippen LogP contribution is 2.45. The van der Waals surface area contributed by atoms with Gasteiger partial charge in [0.2, 0.25) is 0 Å². The average molecular weight is 443 g/mol. The zero-order valence-corrected chi connectivity index (χ0v) is 17.9. The van der Waals surface area contributed by atoms with E-state index in [0.29, 0.717) is 0 Å². The maximum atomic E-state index is 14.7. The van der Waals surface area contributed by atoms with E-state index in [1.165, 1.54) is 12.1 Å². The molecule has 0 unspecified atom stereocenters. The van der Waals surface area contributed by atoms with E-state index in [1.807, 2.05) is 12.1 Å². The summed E-state index contributed by atoms with van der Waals surface area (Å²) in [5.41, 5.74) is 2.29. The number of pyridine rings is 1. The van der Waals surface area contributed by atoms with Gasteiger partial charge in [-0.25, -0.2) is 13.2 Å². The molecular formula is C24H24F3N3O2. The third-order valence-electron chi connectivity index (χ3n) is 6.38. The second kappa shape index (κ2) is 7.85. The smallest absolute Gasteiger partial charge is 0.266 e. The summed E-state index contributed by atoms with van der Waals surface area (Å²) in [7, 11) is 1.63. The van der Waals surface area contributed by atoms with Crippen molar-refractivity contribution in [3.8, 4) is 5.75 Å². The van der Waals surface area contributed by atoms with Gasteiger partial charge in [0, 0.05) is 42.0 Å². The number of halogens is 3.